The maximum atomic E-state index is 13.0. The van der Waals surface area contributed by atoms with Crippen LogP contribution in [0.1, 0.15) is 18.9 Å². The Balaban J connectivity index is 2.35. The van der Waals surface area contributed by atoms with Crippen LogP contribution in [-0.4, -0.2) is 25.7 Å². The summed E-state index contributed by atoms with van der Waals surface area (Å²) in [5.41, 5.74) is -0.250. The average molecular weight is 258 g/mol. The van der Waals surface area contributed by atoms with Crippen LogP contribution in [0.5, 0.6) is 0 Å². The SMILES string of the molecule is CCN(c1ccccc1C(F)(F)F)C1CCNC1. The number of rotatable bonds is 3. The van der Waals surface area contributed by atoms with E-state index >= 15 is 0 Å². The second-order valence-corrected chi connectivity index (χ2v) is 4.45. The zero-order valence-corrected chi connectivity index (χ0v) is 10.3. The molecule has 0 spiro atoms. The quantitative estimate of drug-likeness (QED) is 0.896. The van der Waals surface area contributed by atoms with Crippen molar-refractivity contribution in [1.29, 1.82) is 0 Å². The molecule has 1 fully saturated rings. The van der Waals surface area contributed by atoms with Gasteiger partial charge in [-0.1, -0.05) is 12.1 Å². The van der Waals surface area contributed by atoms with Crippen LogP contribution in [0.4, 0.5) is 18.9 Å². The molecule has 0 amide bonds. The van der Waals surface area contributed by atoms with Crippen LogP contribution in [0, 0.1) is 0 Å². The highest BCUT2D eigenvalue weighted by molar-refractivity contribution is 5.56. The molecular formula is C13H17F3N2. The standard InChI is InChI=1S/C13H17F3N2/c1-2-18(10-7-8-17-9-10)12-6-4-3-5-11(12)13(14,15)16/h3-6,10,17H,2,7-9H2,1H3. The molecule has 1 aliphatic heterocycles. The van der Waals surface area contributed by atoms with Gasteiger partial charge < -0.3 is 10.2 Å². The first-order valence-corrected chi connectivity index (χ1v) is 6.17. The smallest absolute Gasteiger partial charge is 0.367 e. The summed E-state index contributed by atoms with van der Waals surface area (Å²) in [5.74, 6) is 0. The van der Waals surface area contributed by atoms with Crippen molar-refractivity contribution < 1.29 is 13.2 Å². The molecular weight excluding hydrogens is 241 g/mol. The normalized spacial score (nSPS) is 20.1. The zero-order valence-electron chi connectivity index (χ0n) is 10.3. The Hall–Kier alpha value is -1.23. The third-order valence-corrected chi connectivity index (χ3v) is 3.33. The number of benzene rings is 1. The van der Waals surface area contributed by atoms with Gasteiger partial charge in [-0.2, -0.15) is 13.2 Å². The largest absolute Gasteiger partial charge is 0.418 e. The molecule has 1 atom stereocenters. The Morgan fingerprint density at radius 3 is 2.61 bits per heavy atom. The van der Waals surface area contributed by atoms with E-state index < -0.39 is 11.7 Å². The van der Waals surface area contributed by atoms with Crippen molar-refractivity contribution in [3.8, 4) is 0 Å². The van der Waals surface area contributed by atoms with Crippen molar-refractivity contribution in [3.63, 3.8) is 0 Å². The summed E-state index contributed by atoms with van der Waals surface area (Å²) in [6.07, 6.45) is -3.41. The van der Waals surface area contributed by atoms with Gasteiger partial charge in [0, 0.05) is 24.8 Å². The highest BCUT2D eigenvalue weighted by atomic mass is 19.4. The number of hydrogen-bond acceptors (Lipinski definition) is 2. The number of alkyl halides is 3. The molecule has 5 heteroatoms. The van der Waals surface area contributed by atoms with Crippen LogP contribution < -0.4 is 10.2 Å². The number of hydrogen-bond donors (Lipinski definition) is 1. The van der Waals surface area contributed by atoms with E-state index in [2.05, 4.69) is 5.32 Å². The predicted molar refractivity (Wildman–Crippen MR) is 65.7 cm³/mol. The molecule has 2 rings (SSSR count). The molecule has 0 bridgehead atoms. The fraction of sp³-hybridized carbons (Fsp3) is 0.538. The van der Waals surface area contributed by atoms with Crippen LogP contribution >= 0.6 is 0 Å². The summed E-state index contributed by atoms with van der Waals surface area (Å²) >= 11 is 0. The third kappa shape index (κ3) is 2.61. The second kappa shape index (κ2) is 5.18. The maximum Gasteiger partial charge on any atom is 0.418 e. The summed E-state index contributed by atoms with van der Waals surface area (Å²) < 4.78 is 39.0. The Bertz CT molecular complexity index is 397. The van der Waals surface area contributed by atoms with E-state index in [1.807, 2.05) is 11.8 Å². The van der Waals surface area contributed by atoms with Gasteiger partial charge in [0.25, 0.3) is 0 Å². The van der Waals surface area contributed by atoms with Crippen molar-refractivity contribution in [2.45, 2.75) is 25.6 Å². The molecule has 1 N–H and O–H groups in total. The lowest BCUT2D eigenvalue weighted by Gasteiger charge is -2.31. The molecule has 1 aromatic rings. The number of para-hydroxylation sites is 1. The van der Waals surface area contributed by atoms with Crippen molar-refractivity contribution in [1.82, 2.24) is 5.32 Å². The van der Waals surface area contributed by atoms with E-state index in [0.29, 0.717) is 12.2 Å². The van der Waals surface area contributed by atoms with E-state index in [1.165, 1.54) is 6.07 Å². The van der Waals surface area contributed by atoms with Crippen LogP contribution in [0.2, 0.25) is 0 Å². The summed E-state index contributed by atoms with van der Waals surface area (Å²) in [6, 6.07) is 5.96. The topological polar surface area (TPSA) is 15.3 Å². The second-order valence-electron chi connectivity index (χ2n) is 4.45. The first kappa shape index (κ1) is 13.2. The number of nitrogens with zero attached hydrogens (tertiary/aromatic N) is 1. The Kier molecular flexibility index (Phi) is 3.80. The van der Waals surface area contributed by atoms with Gasteiger partial charge in [-0.05, 0) is 32.0 Å². The van der Waals surface area contributed by atoms with Crippen LogP contribution in [0.3, 0.4) is 0 Å². The summed E-state index contributed by atoms with van der Waals surface area (Å²) in [6.45, 7) is 4.10. The van der Waals surface area contributed by atoms with E-state index in [-0.39, 0.29) is 6.04 Å². The fourth-order valence-electron chi connectivity index (χ4n) is 2.49. The lowest BCUT2D eigenvalue weighted by molar-refractivity contribution is -0.137. The average Bonchev–Trinajstić information content (AvgIpc) is 2.83. The molecule has 18 heavy (non-hydrogen) atoms. The Labute approximate surface area is 105 Å². The summed E-state index contributed by atoms with van der Waals surface area (Å²) in [4.78, 5) is 1.85. The summed E-state index contributed by atoms with van der Waals surface area (Å²) in [7, 11) is 0. The van der Waals surface area contributed by atoms with E-state index in [1.54, 1.807) is 12.1 Å². The van der Waals surface area contributed by atoms with Crippen LogP contribution in [0.15, 0.2) is 24.3 Å². The van der Waals surface area contributed by atoms with Gasteiger partial charge in [0.05, 0.1) is 5.56 Å². The van der Waals surface area contributed by atoms with Gasteiger partial charge >= 0.3 is 6.18 Å². The lowest BCUT2D eigenvalue weighted by atomic mass is 10.1. The molecule has 1 aliphatic rings. The van der Waals surface area contributed by atoms with Gasteiger partial charge in [0.15, 0.2) is 0 Å². The number of halogens is 3. The number of nitrogens with one attached hydrogen (secondary N) is 1. The van der Waals surface area contributed by atoms with Crippen molar-refractivity contribution in [2.24, 2.45) is 0 Å². The third-order valence-electron chi connectivity index (χ3n) is 3.33. The fourth-order valence-corrected chi connectivity index (χ4v) is 2.49. The summed E-state index contributed by atoms with van der Waals surface area (Å²) in [5, 5.41) is 3.19. The molecule has 2 nitrogen and oxygen atoms in total. The molecule has 1 heterocycles. The van der Waals surface area contributed by atoms with E-state index in [4.69, 9.17) is 0 Å². The van der Waals surface area contributed by atoms with Gasteiger partial charge in [0.2, 0.25) is 0 Å². The van der Waals surface area contributed by atoms with E-state index in [0.717, 1.165) is 25.6 Å². The highest BCUT2D eigenvalue weighted by Crippen LogP contribution is 2.37. The monoisotopic (exact) mass is 258 g/mol. The molecule has 0 aliphatic carbocycles. The van der Waals surface area contributed by atoms with Gasteiger partial charge in [-0.15, -0.1) is 0 Å². The first-order chi connectivity index (χ1) is 8.54. The molecule has 0 saturated carbocycles. The molecule has 100 valence electrons. The minimum Gasteiger partial charge on any atom is -0.367 e. The van der Waals surface area contributed by atoms with Crippen molar-refractivity contribution in [2.75, 3.05) is 24.5 Å². The van der Waals surface area contributed by atoms with Gasteiger partial charge in [0.1, 0.15) is 0 Å². The minimum atomic E-state index is -4.30. The highest BCUT2D eigenvalue weighted by Gasteiger charge is 2.35. The molecule has 0 radical (unpaired) electrons. The van der Waals surface area contributed by atoms with E-state index in [9.17, 15) is 13.2 Å². The van der Waals surface area contributed by atoms with Crippen LogP contribution in [0.25, 0.3) is 0 Å². The van der Waals surface area contributed by atoms with Gasteiger partial charge in [-0.3, -0.25) is 0 Å². The molecule has 1 aromatic carbocycles. The number of anilines is 1. The Morgan fingerprint density at radius 2 is 2.06 bits per heavy atom. The lowest BCUT2D eigenvalue weighted by Crippen LogP contribution is -2.38. The predicted octanol–water partition coefficient (Wildman–Crippen LogP) is 2.89. The van der Waals surface area contributed by atoms with Crippen molar-refractivity contribution >= 4 is 5.69 Å². The molecule has 1 saturated heterocycles. The van der Waals surface area contributed by atoms with Crippen molar-refractivity contribution in [3.05, 3.63) is 29.8 Å². The van der Waals surface area contributed by atoms with Gasteiger partial charge in [-0.25, -0.2) is 0 Å². The van der Waals surface area contributed by atoms with Crippen LogP contribution in [-0.2, 0) is 6.18 Å². The number of likely N-dealkylation sites (N-methyl/N-ethyl adjacent to an activating group) is 1. The first-order valence-electron chi connectivity index (χ1n) is 6.17. The zero-order chi connectivity index (χ0) is 13.2. The minimum absolute atomic E-state index is 0.151. The maximum absolute atomic E-state index is 13.0. The molecule has 0 aromatic heterocycles. The Morgan fingerprint density at radius 1 is 1.33 bits per heavy atom. The molecule has 1 unspecified atom stereocenters.